The molecule has 0 saturated carbocycles. The van der Waals surface area contributed by atoms with Gasteiger partial charge in [0, 0.05) is 21.4 Å². The van der Waals surface area contributed by atoms with Crippen molar-refractivity contribution in [2.24, 2.45) is 0 Å². The maximum absolute atomic E-state index is 12.7. The molecule has 0 spiro atoms. The highest BCUT2D eigenvalue weighted by Gasteiger charge is 2.23. The first-order valence-electron chi connectivity index (χ1n) is 9.63. The molecule has 0 aliphatic heterocycles. The molecule has 0 aliphatic rings. The topological polar surface area (TPSA) is 66.5 Å². The number of nitrogens with one attached hydrogen (secondary N) is 1. The number of carbonyl (C=O) groups excluding carboxylic acids is 1. The van der Waals surface area contributed by atoms with Gasteiger partial charge in [-0.25, -0.2) is 8.42 Å². The van der Waals surface area contributed by atoms with E-state index in [1.807, 2.05) is 43.3 Å². The number of rotatable bonds is 8. The van der Waals surface area contributed by atoms with Gasteiger partial charge in [0.25, 0.3) is 0 Å². The Morgan fingerprint density at radius 2 is 1.75 bits per heavy atom. The van der Waals surface area contributed by atoms with Crippen LogP contribution in [0.3, 0.4) is 0 Å². The molecule has 1 N–H and O–H groups in total. The molecule has 3 rings (SSSR count). The molecule has 0 radical (unpaired) electrons. The van der Waals surface area contributed by atoms with Crippen molar-refractivity contribution in [1.29, 1.82) is 0 Å². The summed E-state index contributed by atoms with van der Waals surface area (Å²) in [5.41, 5.74) is 2.83. The lowest BCUT2D eigenvalue weighted by molar-refractivity contribution is -0.114. The number of nitrogens with zero attached hydrogens (tertiary/aromatic N) is 1. The van der Waals surface area contributed by atoms with Crippen LogP contribution in [0, 0.1) is 6.92 Å². The summed E-state index contributed by atoms with van der Waals surface area (Å²) in [4.78, 5) is 13.9. The number of sulfonamides is 1. The predicted molar refractivity (Wildman–Crippen MR) is 134 cm³/mol. The lowest BCUT2D eigenvalue weighted by atomic mass is 10.1. The number of hydrogen-bond acceptors (Lipinski definition) is 4. The second-order valence-electron chi connectivity index (χ2n) is 7.16. The van der Waals surface area contributed by atoms with Crippen LogP contribution in [0.2, 0.25) is 10.0 Å². The maximum Gasteiger partial charge on any atom is 0.245 e. The smallest absolute Gasteiger partial charge is 0.245 e. The Morgan fingerprint density at radius 1 is 1.03 bits per heavy atom. The average molecular weight is 509 g/mol. The zero-order valence-electron chi connectivity index (χ0n) is 17.5. The lowest BCUT2D eigenvalue weighted by Crippen LogP contribution is -2.37. The van der Waals surface area contributed by atoms with Crippen LogP contribution in [0.5, 0.6) is 0 Å². The second-order valence-corrected chi connectivity index (χ2v) is 11.0. The predicted octanol–water partition coefficient (Wildman–Crippen LogP) is 6.00. The first-order valence-corrected chi connectivity index (χ1v) is 13.2. The Balaban J connectivity index is 1.70. The van der Waals surface area contributed by atoms with Crippen LogP contribution in [0.1, 0.15) is 11.1 Å². The van der Waals surface area contributed by atoms with Gasteiger partial charge in [0.15, 0.2) is 0 Å². The zero-order valence-corrected chi connectivity index (χ0v) is 20.7. The molecule has 0 aliphatic carbocycles. The van der Waals surface area contributed by atoms with Crippen LogP contribution >= 0.6 is 35.0 Å². The molecule has 0 heterocycles. The van der Waals surface area contributed by atoms with Crippen molar-refractivity contribution in [3.05, 3.63) is 87.9 Å². The third kappa shape index (κ3) is 6.65. The number of hydrogen-bond donors (Lipinski definition) is 1. The Labute approximate surface area is 202 Å². The quantitative estimate of drug-likeness (QED) is 0.379. The normalized spacial score (nSPS) is 11.2. The summed E-state index contributed by atoms with van der Waals surface area (Å²) < 4.78 is 25.6. The minimum absolute atomic E-state index is 0.146. The Bertz CT molecular complexity index is 1220. The highest BCUT2D eigenvalue weighted by Crippen LogP contribution is 2.30. The third-order valence-corrected chi connectivity index (χ3v) is 7.33. The minimum Gasteiger partial charge on any atom is -0.324 e. The zero-order chi connectivity index (χ0) is 23.3. The summed E-state index contributed by atoms with van der Waals surface area (Å²) in [6.45, 7) is 1.49. The third-order valence-electron chi connectivity index (χ3n) is 4.58. The number of thioether (sulfide) groups is 1. The first-order chi connectivity index (χ1) is 15.1. The highest BCUT2D eigenvalue weighted by molar-refractivity contribution is 7.98. The molecule has 3 aromatic rings. The number of aryl methyl sites for hydroxylation is 1. The monoisotopic (exact) mass is 508 g/mol. The largest absolute Gasteiger partial charge is 0.324 e. The summed E-state index contributed by atoms with van der Waals surface area (Å²) in [5, 5.41) is 3.31. The van der Waals surface area contributed by atoms with Gasteiger partial charge < -0.3 is 5.32 Å². The molecular formula is C23H22Cl2N2O3S2. The fourth-order valence-corrected chi connectivity index (χ4v) is 5.32. The van der Waals surface area contributed by atoms with Crippen molar-refractivity contribution < 1.29 is 13.2 Å². The molecule has 0 saturated heterocycles. The van der Waals surface area contributed by atoms with Crippen LogP contribution < -0.4 is 9.62 Å². The number of carbonyl (C=O) groups is 1. The van der Waals surface area contributed by atoms with E-state index in [1.165, 1.54) is 23.1 Å². The van der Waals surface area contributed by atoms with E-state index in [1.54, 1.807) is 11.8 Å². The second kappa shape index (κ2) is 10.6. The standard InChI is InChI=1S/C23H22Cl2N2O3S2/c1-16-12-17(15-31-19-6-4-3-5-7-19)8-10-21(16)26-23(28)14-27(32(2,29)30)22-11-9-18(24)13-20(22)25/h3-13H,14-15H2,1-2H3,(H,26,28). The van der Waals surface area contributed by atoms with Crippen molar-refractivity contribution in [2.75, 3.05) is 22.4 Å². The average Bonchev–Trinajstić information content (AvgIpc) is 2.73. The van der Waals surface area contributed by atoms with Crippen molar-refractivity contribution in [2.45, 2.75) is 17.6 Å². The van der Waals surface area contributed by atoms with Crippen molar-refractivity contribution in [3.8, 4) is 0 Å². The Hall–Kier alpha value is -2.19. The van der Waals surface area contributed by atoms with Crippen LogP contribution in [0.25, 0.3) is 0 Å². The van der Waals surface area contributed by atoms with Gasteiger partial charge in [-0.1, -0.05) is 53.5 Å². The van der Waals surface area contributed by atoms with Gasteiger partial charge in [-0.3, -0.25) is 9.10 Å². The van der Waals surface area contributed by atoms with Crippen molar-refractivity contribution in [1.82, 2.24) is 0 Å². The van der Waals surface area contributed by atoms with Crippen LogP contribution in [0.4, 0.5) is 11.4 Å². The van der Waals surface area contributed by atoms with Crippen LogP contribution in [-0.4, -0.2) is 27.1 Å². The molecule has 0 fully saturated rings. The molecule has 32 heavy (non-hydrogen) atoms. The number of amides is 1. The van der Waals surface area contributed by atoms with Gasteiger partial charge in [-0.05, 0) is 54.4 Å². The number of benzene rings is 3. The minimum atomic E-state index is -3.75. The molecule has 0 atom stereocenters. The molecule has 1 amide bonds. The van der Waals surface area contributed by atoms with E-state index in [9.17, 15) is 13.2 Å². The Morgan fingerprint density at radius 3 is 2.38 bits per heavy atom. The number of anilines is 2. The summed E-state index contributed by atoms with van der Waals surface area (Å²) in [6.07, 6.45) is 1.02. The van der Waals surface area contributed by atoms with Crippen LogP contribution in [-0.2, 0) is 20.6 Å². The molecule has 5 nitrogen and oxygen atoms in total. The van der Waals surface area contributed by atoms with Gasteiger partial charge in [-0.2, -0.15) is 0 Å². The highest BCUT2D eigenvalue weighted by atomic mass is 35.5. The fraction of sp³-hybridized carbons (Fsp3) is 0.174. The van der Waals surface area contributed by atoms with Gasteiger partial charge in [0.2, 0.25) is 15.9 Å². The fourth-order valence-electron chi connectivity index (χ4n) is 3.02. The van der Waals surface area contributed by atoms with E-state index in [4.69, 9.17) is 23.2 Å². The molecule has 0 bridgehead atoms. The first kappa shape index (κ1) is 24.5. The van der Waals surface area contributed by atoms with E-state index < -0.39 is 22.5 Å². The van der Waals surface area contributed by atoms with Gasteiger partial charge in [0.05, 0.1) is 17.0 Å². The van der Waals surface area contributed by atoms with Crippen molar-refractivity contribution >= 4 is 62.3 Å². The SMILES string of the molecule is Cc1cc(CSc2ccccc2)ccc1NC(=O)CN(c1ccc(Cl)cc1Cl)S(C)(=O)=O. The van der Waals surface area contributed by atoms with Crippen molar-refractivity contribution in [3.63, 3.8) is 0 Å². The van der Waals surface area contributed by atoms with E-state index in [0.29, 0.717) is 10.7 Å². The van der Waals surface area contributed by atoms with Gasteiger partial charge in [0.1, 0.15) is 6.54 Å². The van der Waals surface area contributed by atoms with E-state index in [0.717, 1.165) is 27.4 Å². The maximum atomic E-state index is 12.7. The molecule has 0 aromatic heterocycles. The number of halogens is 2. The molecule has 168 valence electrons. The summed E-state index contributed by atoms with van der Waals surface area (Å²) in [7, 11) is -3.75. The lowest BCUT2D eigenvalue weighted by Gasteiger charge is -2.23. The summed E-state index contributed by atoms with van der Waals surface area (Å²) in [6, 6.07) is 20.3. The van der Waals surface area contributed by atoms with Gasteiger partial charge in [-0.15, -0.1) is 11.8 Å². The summed E-state index contributed by atoms with van der Waals surface area (Å²) in [5.74, 6) is 0.326. The van der Waals surface area contributed by atoms with Crippen LogP contribution in [0.15, 0.2) is 71.6 Å². The summed E-state index contributed by atoms with van der Waals surface area (Å²) >= 11 is 13.8. The molecule has 9 heteroatoms. The molecular weight excluding hydrogens is 487 g/mol. The van der Waals surface area contributed by atoms with Gasteiger partial charge >= 0.3 is 0 Å². The Kier molecular flexibility index (Phi) is 8.11. The van der Waals surface area contributed by atoms with E-state index in [-0.39, 0.29) is 10.7 Å². The van der Waals surface area contributed by atoms with E-state index in [2.05, 4.69) is 17.4 Å². The van der Waals surface area contributed by atoms with E-state index >= 15 is 0 Å². The molecule has 3 aromatic carbocycles. The molecule has 0 unspecified atom stereocenters.